The number of hydrogen-bond donors (Lipinski definition) is 2. The van der Waals surface area contributed by atoms with Gasteiger partial charge in [-0.1, -0.05) is 23.9 Å². The average molecular weight is 273 g/mol. The van der Waals surface area contributed by atoms with E-state index in [0.717, 1.165) is 16.3 Å². The Balaban J connectivity index is 1.93. The first-order valence-corrected chi connectivity index (χ1v) is 6.83. The summed E-state index contributed by atoms with van der Waals surface area (Å²) in [4.78, 5) is 16.0. The highest BCUT2D eigenvalue weighted by Gasteiger charge is 2.06. The van der Waals surface area contributed by atoms with Crippen LogP contribution < -0.4 is 11.1 Å². The van der Waals surface area contributed by atoms with Gasteiger partial charge in [-0.3, -0.25) is 4.79 Å². The van der Waals surface area contributed by atoms with Crippen molar-refractivity contribution in [3.63, 3.8) is 0 Å². The molecule has 2 aromatic rings. The van der Waals surface area contributed by atoms with Crippen LogP contribution >= 0.6 is 11.8 Å². The SMILES string of the molecule is Cc1ccc(N)cc1NC(=O)CSc1ccccn1. The minimum atomic E-state index is -0.0654. The Labute approximate surface area is 116 Å². The summed E-state index contributed by atoms with van der Waals surface area (Å²) < 4.78 is 0. The fraction of sp³-hybridized carbons (Fsp3) is 0.143. The number of aromatic nitrogens is 1. The van der Waals surface area contributed by atoms with Gasteiger partial charge < -0.3 is 11.1 Å². The Morgan fingerprint density at radius 3 is 2.95 bits per heavy atom. The molecule has 0 radical (unpaired) electrons. The van der Waals surface area contributed by atoms with Crippen molar-refractivity contribution in [3.05, 3.63) is 48.2 Å². The topological polar surface area (TPSA) is 68.0 Å². The van der Waals surface area contributed by atoms with Crippen LogP contribution in [0.1, 0.15) is 5.56 Å². The van der Waals surface area contributed by atoms with Gasteiger partial charge in [0.15, 0.2) is 0 Å². The van der Waals surface area contributed by atoms with Gasteiger partial charge in [0, 0.05) is 17.6 Å². The van der Waals surface area contributed by atoms with E-state index in [9.17, 15) is 4.79 Å². The molecule has 98 valence electrons. The maximum Gasteiger partial charge on any atom is 0.234 e. The predicted molar refractivity (Wildman–Crippen MR) is 79.2 cm³/mol. The van der Waals surface area contributed by atoms with Gasteiger partial charge in [-0.2, -0.15) is 0 Å². The molecule has 0 atom stereocenters. The average Bonchev–Trinajstić information content (AvgIpc) is 2.42. The lowest BCUT2D eigenvalue weighted by Gasteiger charge is -2.08. The Morgan fingerprint density at radius 1 is 1.37 bits per heavy atom. The summed E-state index contributed by atoms with van der Waals surface area (Å²) in [6.07, 6.45) is 1.71. The smallest absolute Gasteiger partial charge is 0.234 e. The quantitative estimate of drug-likeness (QED) is 0.664. The lowest BCUT2D eigenvalue weighted by molar-refractivity contribution is -0.113. The van der Waals surface area contributed by atoms with Crippen LogP contribution in [0.5, 0.6) is 0 Å². The van der Waals surface area contributed by atoms with Crippen molar-refractivity contribution in [1.82, 2.24) is 4.98 Å². The molecule has 5 heteroatoms. The van der Waals surface area contributed by atoms with Gasteiger partial charge in [0.2, 0.25) is 5.91 Å². The number of nitrogens with two attached hydrogens (primary N) is 1. The van der Waals surface area contributed by atoms with Crippen molar-refractivity contribution in [3.8, 4) is 0 Å². The molecule has 0 aliphatic heterocycles. The maximum absolute atomic E-state index is 11.8. The molecule has 1 aromatic carbocycles. The molecule has 0 aliphatic carbocycles. The molecule has 0 bridgehead atoms. The number of amides is 1. The Kier molecular flexibility index (Phi) is 4.41. The van der Waals surface area contributed by atoms with Crippen LogP contribution in [0.2, 0.25) is 0 Å². The minimum absolute atomic E-state index is 0.0654. The molecule has 1 aromatic heterocycles. The number of anilines is 2. The monoisotopic (exact) mass is 273 g/mol. The number of carbonyl (C=O) groups excluding carboxylic acids is 1. The number of thioether (sulfide) groups is 1. The highest BCUT2D eigenvalue weighted by Crippen LogP contribution is 2.19. The molecular formula is C14H15N3OS. The van der Waals surface area contributed by atoms with Gasteiger partial charge in [-0.05, 0) is 36.8 Å². The fourth-order valence-corrected chi connectivity index (χ4v) is 2.19. The van der Waals surface area contributed by atoms with Crippen molar-refractivity contribution >= 4 is 29.0 Å². The van der Waals surface area contributed by atoms with Crippen LogP contribution in [0.4, 0.5) is 11.4 Å². The Morgan fingerprint density at radius 2 is 2.21 bits per heavy atom. The second-order valence-corrected chi connectivity index (χ2v) is 5.07. The molecule has 19 heavy (non-hydrogen) atoms. The number of nitrogens with one attached hydrogen (secondary N) is 1. The van der Waals surface area contributed by atoms with Gasteiger partial charge in [-0.15, -0.1) is 0 Å². The predicted octanol–water partition coefficient (Wildman–Crippen LogP) is 2.70. The molecule has 1 heterocycles. The summed E-state index contributed by atoms with van der Waals surface area (Å²) in [5.41, 5.74) is 8.09. The summed E-state index contributed by atoms with van der Waals surface area (Å²) in [6, 6.07) is 11.1. The molecule has 2 rings (SSSR count). The van der Waals surface area contributed by atoms with E-state index in [0.29, 0.717) is 11.4 Å². The van der Waals surface area contributed by atoms with Crippen molar-refractivity contribution in [2.75, 3.05) is 16.8 Å². The van der Waals surface area contributed by atoms with E-state index in [-0.39, 0.29) is 5.91 Å². The number of benzene rings is 1. The summed E-state index contributed by atoms with van der Waals surface area (Å²) >= 11 is 1.40. The lowest BCUT2D eigenvalue weighted by atomic mass is 10.2. The van der Waals surface area contributed by atoms with Crippen LogP contribution in [-0.2, 0) is 4.79 Å². The highest BCUT2D eigenvalue weighted by molar-refractivity contribution is 7.99. The number of pyridine rings is 1. The summed E-state index contributed by atoms with van der Waals surface area (Å²) in [7, 11) is 0. The summed E-state index contributed by atoms with van der Waals surface area (Å²) in [6.45, 7) is 1.93. The fourth-order valence-electron chi connectivity index (χ4n) is 1.53. The van der Waals surface area contributed by atoms with Crippen LogP contribution in [0.15, 0.2) is 47.6 Å². The van der Waals surface area contributed by atoms with Gasteiger partial charge in [-0.25, -0.2) is 4.98 Å². The van der Waals surface area contributed by atoms with Gasteiger partial charge in [0.1, 0.15) is 0 Å². The van der Waals surface area contributed by atoms with Gasteiger partial charge >= 0.3 is 0 Å². The minimum Gasteiger partial charge on any atom is -0.399 e. The van der Waals surface area contributed by atoms with Crippen molar-refractivity contribution in [2.24, 2.45) is 0 Å². The van der Waals surface area contributed by atoms with Crippen molar-refractivity contribution in [2.45, 2.75) is 11.9 Å². The van der Waals surface area contributed by atoms with Crippen LogP contribution in [0, 0.1) is 6.92 Å². The molecule has 0 aliphatic rings. The first-order valence-electron chi connectivity index (χ1n) is 5.85. The highest BCUT2D eigenvalue weighted by atomic mass is 32.2. The zero-order valence-electron chi connectivity index (χ0n) is 10.6. The number of nitrogens with zero attached hydrogens (tertiary/aromatic N) is 1. The molecule has 0 spiro atoms. The molecule has 3 N–H and O–H groups in total. The van der Waals surface area contributed by atoms with E-state index in [1.54, 1.807) is 12.3 Å². The van der Waals surface area contributed by atoms with E-state index in [2.05, 4.69) is 10.3 Å². The van der Waals surface area contributed by atoms with E-state index in [1.165, 1.54) is 11.8 Å². The van der Waals surface area contributed by atoms with Crippen molar-refractivity contribution < 1.29 is 4.79 Å². The maximum atomic E-state index is 11.8. The zero-order valence-corrected chi connectivity index (χ0v) is 11.4. The summed E-state index contributed by atoms with van der Waals surface area (Å²) in [5.74, 6) is 0.259. The van der Waals surface area contributed by atoms with Crippen molar-refractivity contribution in [1.29, 1.82) is 0 Å². The molecular weight excluding hydrogens is 258 g/mol. The largest absolute Gasteiger partial charge is 0.399 e. The van der Waals surface area contributed by atoms with Crippen LogP contribution in [0.3, 0.4) is 0 Å². The second-order valence-electron chi connectivity index (χ2n) is 4.08. The molecule has 0 unspecified atom stereocenters. The van der Waals surface area contributed by atoms with E-state index in [4.69, 9.17) is 5.73 Å². The van der Waals surface area contributed by atoms with Gasteiger partial charge in [0.05, 0.1) is 10.8 Å². The third-order valence-electron chi connectivity index (χ3n) is 2.52. The third kappa shape index (κ3) is 3.99. The van der Waals surface area contributed by atoms with E-state index >= 15 is 0 Å². The first-order chi connectivity index (χ1) is 9.15. The number of aryl methyl sites for hydroxylation is 1. The van der Waals surface area contributed by atoms with Gasteiger partial charge in [0.25, 0.3) is 0 Å². The second kappa shape index (κ2) is 6.24. The lowest BCUT2D eigenvalue weighted by Crippen LogP contribution is -2.15. The molecule has 4 nitrogen and oxygen atoms in total. The van der Waals surface area contributed by atoms with E-state index in [1.807, 2.05) is 37.3 Å². The first kappa shape index (κ1) is 13.4. The normalized spacial score (nSPS) is 10.2. The molecule has 0 fully saturated rings. The number of rotatable bonds is 4. The number of hydrogen-bond acceptors (Lipinski definition) is 4. The molecule has 0 saturated carbocycles. The molecule has 1 amide bonds. The Bertz CT molecular complexity index is 572. The van der Waals surface area contributed by atoms with E-state index < -0.39 is 0 Å². The number of nitrogen functional groups attached to an aromatic ring is 1. The third-order valence-corrected chi connectivity index (χ3v) is 3.47. The standard InChI is InChI=1S/C14H15N3OS/c1-10-5-6-11(15)8-12(10)17-13(18)9-19-14-4-2-3-7-16-14/h2-8H,9,15H2,1H3,(H,17,18). The zero-order chi connectivity index (χ0) is 13.7. The van der Waals surface area contributed by atoms with Crippen LogP contribution in [0.25, 0.3) is 0 Å². The Hall–Kier alpha value is -2.01. The molecule has 0 saturated heterocycles. The summed E-state index contributed by atoms with van der Waals surface area (Å²) in [5, 5.41) is 3.69. The number of carbonyl (C=O) groups is 1. The van der Waals surface area contributed by atoms with Crippen LogP contribution in [-0.4, -0.2) is 16.6 Å².